The number of fused-ring (bicyclic) bond motifs is 3. The summed E-state index contributed by atoms with van der Waals surface area (Å²) >= 11 is 0. The molecule has 2 saturated carbocycles. The Kier molecular flexibility index (Phi) is 1.92. The standard InChI is InChI=1S/C11H17NO2/c13-11-12-9-6-5-7-3-1-2-4-8(7)10(9)14-11/h7-10H,1-6H2,(H,12,13). The Morgan fingerprint density at radius 2 is 2.00 bits per heavy atom. The van der Waals surface area contributed by atoms with Crippen molar-refractivity contribution in [3.63, 3.8) is 0 Å². The van der Waals surface area contributed by atoms with Gasteiger partial charge < -0.3 is 10.1 Å². The van der Waals surface area contributed by atoms with Crippen LogP contribution in [0, 0.1) is 11.8 Å². The Labute approximate surface area is 84.2 Å². The minimum absolute atomic E-state index is 0.189. The minimum atomic E-state index is -0.189. The van der Waals surface area contributed by atoms with Crippen LogP contribution in [0.4, 0.5) is 4.79 Å². The van der Waals surface area contributed by atoms with E-state index in [9.17, 15) is 4.79 Å². The second-order valence-corrected chi connectivity index (χ2v) is 4.91. The Balaban J connectivity index is 1.79. The first-order valence-electron chi connectivity index (χ1n) is 5.82. The molecule has 1 N–H and O–H groups in total. The van der Waals surface area contributed by atoms with E-state index in [0.717, 1.165) is 12.3 Å². The van der Waals surface area contributed by atoms with E-state index >= 15 is 0 Å². The maximum atomic E-state index is 11.2. The van der Waals surface area contributed by atoms with Crippen molar-refractivity contribution in [2.45, 2.75) is 50.7 Å². The van der Waals surface area contributed by atoms with Gasteiger partial charge in [0.1, 0.15) is 6.10 Å². The van der Waals surface area contributed by atoms with Crippen LogP contribution in [0.25, 0.3) is 0 Å². The van der Waals surface area contributed by atoms with Gasteiger partial charge in [-0.05, 0) is 25.2 Å². The predicted molar refractivity (Wildman–Crippen MR) is 51.9 cm³/mol. The van der Waals surface area contributed by atoms with E-state index in [-0.39, 0.29) is 12.2 Å². The molecule has 78 valence electrons. The van der Waals surface area contributed by atoms with Crippen molar-refractivity contribution >= 4 is 6.09 Å². The number of rotatable bonds is 0. The second kappa shape index (κ2) is 3.14. The largest absolute Gasteiger partial charge is 0.444 e. The van der Waals surface area contributed by atoms with E-state index in [1.807, 2.05) is 0 Å². The quantitative estimate of drug-likeness (QED) is 0.642. The lowest BCUT2D eigenvalue weighted by molar-refractivity contribution is 0.0156. The van der Waals surface area contributed by atoms with Crippen molar-refractivity contribution in [1.29, 1.82) is 0 Å². The van der Waals surface area contributed by atoms with Crippen LogP contribution in [0.1, 0.15) is 38.5 Å². The molecule has 3 rings (SSSR count). The molecule has 4 unspecified atom stereocenters. The van der Waals surface area contributed by atoms with Crippen LogP contribution in [0.5, 0.6) is 0 Å². The molecule has 0 bridgehead atoms. The van der Waals surface area contributed by atoms with E-state index in [4.69, 9.17) is 4.74 Å². The van der Waals surface area contributed by atoms with E-state index in [1.54, 1.807) is 0 Å². The molecular formula is C11H17NO2. The number of nitrogens with one attached hydrogen (secondary N) is 1. The zero-order valence-electron chi connectivity index (χ0n) is 8.37. The normalized spacial score (nSPS) is 46.1. The van der Waals surface area contributed by atoms with Crippen LogP contribution in [-0.2, 0) is 4.74 Å². The van der Waals surface area contributed by atoms with Gasteiger partial charge in [0, 0.05) is 5.92 Å². The highest BCUT2D eigenvalue weighted by Crippen LogP contribution is 2.43. The maximum Gasteiger partial charge on any atom is 0.407 e. The summed E-state index contributed by atoms with van der Waals surface area (Å²) in [5.74, 6) is 1.49. The Morgan fingerprint density at radius 3 is 2.93 bits per heavy atom. The van der Waals surface area contributed by atoms with Gasteiger partial charge in [0.05, 0.1) is 6.04 Å². The zero-order chi connectivity index (χ0) is 9.54. The summed E-state index contributed by atoms with van der Waals surface area (Å²) in [4.78, 5) is 11.2. The van der Waals surface area contributed by atoms with Crippen LogP contribution in [-0.4, -0.2) is 18.2 Å². The zero-order valence-corrected chi connectivity index (χ0v) is 8.37. The number of hydrogen-bond donors (Lipinski definition) is 1. The van der Waals surface area contributed by atoms with Gasteiger partial charge in [-0.25, -0.2) is 4.79 Å². The summed E-state index contributed by atoms with van der Waals surface area (Å²) < 4.78 is 5.38. The average molecular weight is 195 g/mol. The molecule has 1 aliphatic heterocycles. The third kappa shape index (κ3) is 1.22. The van der Waals surface area contributed by atoms with E-state index in [0.29, 0.717) is 12.0 Å². The van der Waals surface area contributed by atoms with Gasteiger partial charge in [-0.3, -0.25) is 0 Å². The fourth-order valence-electron chi connectivity index (χ4n) is 3.52. The number of amides is 1. The van der Waals surface area contributed by atoms with Crippen molar-refractivity contribution in [2.24, 2.45) is 11.8 Å². The minimum Gasteiger partial charge on any atom is -0.444 e. The third-order valence-electron chi connectivity index (χ3n) is 4.18. The van der Waals surface area contributed by atoms with Gasteiger partial charge in [-0.15, -0.1) is 0 Å². The smallest absolute Gasteiger partial charge is 0.407 e. The van der Waals surface area contributed by atoms with Crippen LogP contribution < -0.4 is 5.32 Å². The molecule has 1 heterocycles. The number of carbonyl (C=O) groups is 1. The van der Waals surface area contributed by atoms with Gasteiger partial charge in [0.15, 0.2) is 0 Å². The molecule has 3 heteroatoms. The van der Waals surface area contributed by atoms with Gasteiger partial charge in [-0.1, -0.05) is 19.3 Å². The molecule has 0 aromatic rings. The molecule has 3 fully saturated rings. The van der Waals surface area contributed by atoms with Gasteiger partial charge >= 0.3 is 6.09 Å². The number of ether oxygens (including phenoxy) is 1. The summed E-state index contributed by atoms with van der Waals surface area (Å²) in [6, 6.07) is 0.321. The monoisotopic (exact) mass is 195 g/mol. The fraction of sp³-hybridized carbons (Fsp3) is 0.909. The Morgan fingerprint density at radius 1 is 1.14 bits per heavy atom. The highest BCUT2D eigenvalue weighted by molar-refractivity contribution is 5.70. The van der Waals surface area contributed by atoms with Gasteiger partial charge in [0.25, 0.3) is 0 Å². The summed E-state index contributed by atoms with van der Waals surface area (Å²) in [6.45, 7) is 0. The molecule has 14 heavy (non-hydrogen) atoms. The number of carbonyl (C=O) groups excluding carboxylic acids is 1. The van der Waals surface area contributed by atoms with E-state index < -0.39 is 0 Å². The van der Waals surface area contributed by atoms with E-state index in [2.05, 4.69) is 5.32 Å². The lowest BCUT2D eigenvalue weighted by atomic mass is 9.68. The van der Waals surface area contributed by atoms with Gasteiger partial charge in [-0.2, -0.15) is 0 Å². The molecule has 1 amide bonds. The van der Waals surface area contributed by atoms with Crippen molar-refractivity contribution in [3.8, 4) is 0 Å². The molecule has 3 nitrogen and oxygen atoms in total. The lowest BCUT2D eigenvalue weighted by Gasteiger charge is -2.40. The summed E-state index contributed by atoms with van der Waals surface area (Å²) in [5, 5.41) is 2.93. The molecule has 0 spiro atoms. The molecular weight excluding hydrogens is 178 g/mol. The van der Waals surface area contributed by atoms with Crippen molar-refractivity contribution in [1.82, 2.24) is 5.32 Å². The highest BCUT2D eigenvalue weighted by atomic mass is 16.6. The summed E-state index contributed by atoms with van der Waals surface area (Å²) in [5.41, 5.74) is 0. The van der Waals surface area contributed by atoms with E-state index in [1.165, 1.54) is 32.1 Å². The summed E-state index contributed by atoms with van der Waals surface area (Å²) in [7, 11) is 0. The van der Waals surface area contributed by atoms with Crippen molar-refractivity contribution in [2.75, 3.05) is 0 Å². The van der Waals surface area contributed by atoms with Gasteiger partial charge in [0.2, 0.25) is 0 Å². The number of alkyl carbamates (subject to hydrolysis) is 1. The summed E-state index contributed by atoms with van der Waals surface area (Å²) in [6.07, 6.45) is 7.73. The fourth-order valence-corrected chi connectivity index (χ4v) is 3.52. The molecule has 1 saturated heterocycles. The number of hydrogen-bond acceptors (Lipinski definition) is 2. The second-order valence-electron chi connectivity index (χ2n) is 4.91. The SMILES string of the molecule is O=C1NC2CCC3CCCCC3C2O1. The first-order valence-corrected chi connectivity index (χ1v) is 5.82. The third-order valence-corrected chi connectivity index (χ3v) is 4.18. The topological polar surface area (TPSA) is 38.3 Å². The first kappa shape index (κ1) is 8.57. The first-order chi connectivity index (χ1) is 6.84. The maximum absolute atomic E-state index is 11.2. The van der Waals surface area contributed by atoms with Crippen LogP contribution in [0.15, 0.2) is 0 Å². The average Bonchev–Trinajstić information content (AvgIpc) is 2.59. The van der Waals surface area contributed by atoms with Crippen LogP contribution in [0.2, 0.25) is 0 Å². The van der Waals surface area contributed by atoms with Crippen LogP contribution >= 0.6 is 0 Å². The molecule has 0 aromatic carbocycles. The molecule has 4 atom stereocenters. The Bertz CT molecular complexity index is 254. The van der Waals surface area contributed by atoms with Crippen molar-refractivity contribution in [3.05, 3.63) is 0 Å². The molecule has 0 radical (unpaired) electrons. The predicted octanol–water partition coefficient (Wildman–Crippen LogP) is 2.06. The molecule has 2 aliphatic carbocycles. The van der Waals surface area contributed by atoms with Crippen molar-refractivity contribution < 1.29 is 9.53 Å². The lowest BCUT2D eigenvalue weighted by Crippen LogP contribution is -2.45. The molecule has 0 aromatic heterocycles. The highest BCUT2D eigenvalue weighted by Gasteiger charge is 2.46. The Hall–Kier alpha value is -0.730. The van der Waals surface area contributed by atoms with Crippen LogP contribution in [0.3, 0.4) is 0 Å². The molecule has 3 aliphatic rings.